The molecule has 2 aliphatic rings. The van der Waals surface area contributed by atoms with Gasteiger partial charge >= 0.3 is 0 Å². The molecule has 1 aliphatic heterocycles. The molecular weight excluding hydrogens is 233 g/mol. The van der Waals surface area contributed by atoms with Gasteiger partial charge in [0.2, 0.25) is 0 Å². The number of hydrogen-bond donors (Lipinski definition) is 1. The van der Waals surface area contributed by atoms with Gasteiger partial charge in [-0.3, -0.25) is 0 Å². The Hall–Kier alpha value is -0.380. The van der Waals surface area contributed by atoms with Crippen molar-refractivity contribution in [2.24, 2.45) is 17.8 Å². The lowest BCUT2D eigenvalue weighted by Crippen LogP contribution is -2.15. The van der Waals surface area contributed by atoms with Crippen LogP contribution in [-0.2, 0) is 6.42 Å². The van der Waals surface area contributed by atoms with Gasteiger partial charge in [0.15, 0.2) is 5.15 Å². The molecule has 1 saturated carbocycles. The second-order valence-corrected chi connectivity index (χ2v) is 4.59. The van der Waals surface area contributed by atoms with Crippen LogP contribution in [0.4, 0.5) is 0 Å². The Morgan fingerprint density at radius 1 is 1.27 bits per heavy atom. The highest BCUT2D eigenvalue weighted by atomic mass is 35.5. The van der Waals surface area contributed by atoms with E-state index in [1.807, 2.05) is 12.1 Å². The Morgan fingerprint density at radius 2 is 2.00 bits per heavy atom. The second-order valence-electron chi connectivity index (χ2n) is 4.20. The summed E-state index contributed by atoms with van der Waals surface area (Å²) in [5, 5.41) is 11.8. The van der Waals surface area contributed by atoms with Gasteiger partial charge in [-0.15, -0.1) is 17.5 Å². The van der Waals surface area contributed by atoms with E-state index in [0.29, 0.717) is 5.15 Å². The average Bonchev–Trinajstić information content (AvgIpc) is 2.63. The summed E-state index contributed by atoms with van der Waals surface area (Å²) in [6, 6.07) is 3.80. The fourth-order valence-electron chi connectivity index (χ4n) is 2.54. The highest BCUT2D eigenvalue weighted by Gasteiger charge is 2.52. The molecule has 1 aliphatic carbocycles. The Kier molecular flexibility index (Phi) is 3.14. The molecule has 0 bridgehead atoms. The van der Waals surface area contributed by atoms with Gasteiger partial charge in [0.05, 0.1) is 5.69 Å². The predicted octanol–water partition coefficient (Wildman–Crippen LogP) is 1.56. The average molecular weight is 246 g/mol. The zero-order valence-electron chi connectivity index (χ0n) is 8.19. The fraction of sp³-hybridized carbons (Fsp3) is 0.600. The summed E-state index contributed by atoms with van der Waals surface area (Å²) < 4.78 is 0. The van der Waals surface area contributed by atoms with E-state index in [1.165, 1.54) is 13.1 Å². The third-order valence-corrected chi connectivity index (χ3v) is 3.60. The third-order valence-electron chi connectivity index (χ3n) is 3.40. The first-order valence-electron chi connectivity index (χ1n) is 5.03. The molecule has 1 saturated heterocycles. The molecule has 5 heteroatoms. The number of nitrogens with zero attached hydrogens (tertiary/aromatic N) is 2. The first-order chi connectivity index (χ1) is 6.84. The van der Waals surface area contributed by atoms with E-state index in [-0.39, 0.29) is 12.4 Å². The monoisotopic (exact) mass is 245 g/mol. The molecule has 1 aromatic heterocycles. The van der Waals surface area contributed by atoms with Crippen LogP contribution in [0.15, 0.2) is 12.1 Å². The maximum Gasteiger partial charge on any atom is 0.151 e. The van der Waals surface area contributed by atoms with Crippen molar-refractivity contribution in [2.45, 2.75) is 6.42 Å². The predicted molar refractivity (Wildman–Crippen MR) is 61.3 cm³/mol. The van der Waals surface area contributed by atoms with Crippen LogP contribution in [0.2, 0.25) is 5.15 Å². The van der Waals surface area contributed by atoms with Gasteiger partial charge in [0.25, 0.3) is 0 Å². The molecule has 1 N–H and O–H groups in total. The van der Waals surface area contributed by atoms with Gasteiger partial charge in [-0.1, -0.05) is 11.6 Å². The molecule has 2 fully saturated rings. The minimum Gasteiger partial charge on any atom is -0.316 e. The summed E-state index contributed by atoms with van der Waals surface area (Å²) >= 11 is 5.68. The van der Waals surface area contributed by atoms with Crippen LogP contribution in [0.5, 0.6) is 0 Å². The lowest BCUT2D eigenvalue weighted by Gasteiger charge is -2.02. The summed E-state index contributed by atoms with van der Waals surface area (Å²) in [6.45, 7) is 2.38. The fourth-order valence-corrected chi connectivity index (χ4v) is 2.64. The molecule has 3 rings (SSSR count). The molecule has 3 atom stereocenters. The first kappa shape index (κ1) is 11.1. The van der Waals surface area contributed by atoms with Crippen LogP contribution < -0.4 is 5.32 Å². The van der Waals surface area contributed by atoms with Crippen LogP contribution in [0.25, 0.3) is 0 Å². The molecule has 1 aromatic rings. The molecule has 0 aromatic carbocycles. The van der Waals surface area contributed by atoms with Crippen LogP contribution >= 0.6 is 24.0 Å². The van der Waals surface area contributed by atoms with Crippen molar-refractivity contribution < 1.29 is 0 Å². The summed E-state index contributed by atoms with van der Waals surface area (Å²) in [6.07, 6.45) is 1.07. The van der Waals surface area contributed by atoms with E-state index in [1.54, 1.807) is 0 Å². The Labute approximate surface area is 100 Å². The van der Waals surface area contributed by atoms with Gasteiger partial charge in [0.1, 0.15) is 0 Å². The Balaban J connectivity index is 0.000000853. The largest absolute Gasteiger partial charge is 0.316 e. The van der Waals surface area contributed by atoms with Crippen molar-refractivity contribution in [3.63, 3.8) is 0 Å². The van der Waals surface area contributed by atoms with Gasteiger partial charge < -0.3 is 5.32 Å². The van der Waals surface area contributed by atoms with Crippen LogP contribution in [0.1, 0.15) is 5.69 Å². The molecule has 2 heterocycles. The molecule has 0 amide bonds. The standard InChI is InChI=1S/C10H12ClN3.ClH/c11-10-2-1-6(13-14-10)3-7-8-4-12-5-9(7)8;/h1-2,7-9,12H,3-5H2;1H/t7?,8-,9+;. The van der Waals surface area contributed by atoms with E-state index in [9.17, 15) is 0 Å². The lowest BCUT2D eigenvalue weighted by molar-refractivity contribution is 0.585. The highest BCUT2D eigenvalue weighted by Crippen LogP contribution is 2.50. The van der Waals surface area contributed by atoms with Crippen LogP contribution in [0.3, 0.4) is 0 Å². The second kappa shape index (κ2) is 4.24. The van der Waals surface area contributed by atoms with E-state index in [0.717, 1.165) is 29.9 Å². The van der Waals surface area contributed by atoms with Crippen molar-refractivity contribution in [3.05, 3.63) is 23.0 Å². The topological polar surface area (TPSA) is 37.8 Å². The summed E-state index contributed by atoms with van der Waals surface area (Å²) in [4.78, 5) is 0. The summed E-state index contributed by atoms with van der Waals surface area (Å²) in [5.74, 6) is 2.63. The molecule has 1 unspecified atom stereocenters. The maximum atomic E-state index is 5.68. The van der Waals surface area contributed by atoms with Gasteiger partial charge in [-0.2, -0.15) is 5.10 Å². The minimum atomic E-state index is 0. The quantitative estimate of drug-likeness (QED) is 0.860. The van der Waals surface area contributed by atoms with E-state index < -0.39 is 0 Å². The van der Waals surface area contributed by atoms with Gasteiger partial charge in [-0.25, -0.2) is 0 Å². The number of piperidine rings is 1. The SMILES string of the molecule is Cl.Clc1ccc(CC2[C@H]3CNC[C@@H]23)nn1. The van der Waals surface area contributed by atoms with E-state index in [2.05, 4.69) is 15.5 Å². The molecule has 3 nitrogen and oxygen atoms in total. The smallest absolute Gasteiger partial charge is 0.151 e. The van der Waals surface area contributed by atoms with Crippen molar-refractivity contribution >= 4 is 24.0 Å². The number of rotatable bonds is 2. The van der Waals surface area contributed by atoms with Crippen molar-refractivity contribution in [2.75, 3.05) is 13.1 Å². The van der Waals surface area contributed by atoms with E-state index >= 15 is 0 Å². The zero-order valence-corrected chi connectivity index (χ0v) is 9.76. The highest BCUT2D eigenvalue weighted by molar-refractivity contribution is 6.29. The minimum absolute atomic E-state index is 0. The Morgan fingerprint density at radius 3 is 2.60 bits per heavy atom. The zero-order chi connectivity index (χ0) is 9.54. The number of halogens is 2. The maximum absolute atomic E-state index is 5.68. The number of fused-ring (bicyclic) bond motifs is 1. The molecule has 0 radical (unpaired) electrons. The first-order valence-corrected chi connectivity index (χ1v) is 5.41. The molecule has 0 spiro atoms. The molecule has 15 heavy (non-hydrogen) atoms. The van der Waals surface area contributed by atoms with Crippen molar-refractivity contribution in [3.8, 4) is 0 Å². The lowest BCUT2D eigenvalue weighted by atomic mass is 10.1. The Bertz CT molecular complexity index is 331. The van der Waals surface area contributed by atoms with Crippen LogP contribution in [-0.4, -0.2) is 23.3 Å². The van der Waals surface area contributed by atoms with Crippen molar-refractivity contribution in [1.82, 2.24) is 15.5 Å². The molecular formula is C10H13Cl2N3. The van der Waals surface area contributed by atoms with Crippen LogP contribution in [0, 0.1) is 17.8 Å². The van der Waals surface area contributed by atoms with Gasteiger partial charge in [0, 0.05) is 0 Å². The number of hydrogen-bond acceptors (Lipinski definition) is 3. The molecule has 82 valence electrons. The summed E-state index contributed by atoms with van der Waals surface area (Å²) in [5.41, 5.74) is 1.08. The van der Waals surface area contributed by atoms with Gasteiger partial charge in [-0.05, 0) is 49.4 Å². The number of nitrogens with one attached hydrogen (secondary N) is 1. The third kappa shape index (κ3) is 2.10. The van der Waals surface area contributed by atoms with E-state index in [4.69, 9.17) is 11.6 Å². The normalized spacial score (nSPS) is 31.9. The number of aromatic nitrogens is 2. The summed E-state index contributed by atoms with van der Waals surface area (Å²) in [7, 11) is 0. The van der Waals surface area contributed by atoms with Crippen molar-refractivity contribution in [1.29, 1.82) is 0 Å².